The molecule has 0 aliphatic rings. The summed E-state index contributed by atoms with van der Waals surface area (Å²) in [6, 6.07) is 5.38. The average Bonchev–Trinajstić information content (AvgIpc) is 2.97. The molecule has 104 valence electrons. The number of pyridine rings is 1. The molecule has 0 aliphatic carbocycles. The van der Waals surface area contributed by atoms with Crippen LogP contribution in [-0.2, 0) is 12.0 Å². The van der Waals surface area contributed by atoms with Gasteiger partial charge in [-0.2, -0.15) is 0 Å². The topological polar surface area (TPSA) is 78.2 Å². The number of rotatable bonds is 2. The fourth-order valence-electron chi connectivity index (χ4n) is 1.82. The number of aromatic nitrogens is 5. The monoisotopic (exact) mass is 273 g/mol. The minimum Gasteiger partial charge on any atom is -0.423 e. The van der Waals surface area contributed by atoms with Gasteiger partial charge >= 0.3 is 5.69 Å². The van der Waals surface area contributed by atoms with E-state index >= 15 is 0 Å². The molecule has 3 rings (SSSR count). The van der Waals surface area contributed by atoms with Crippen molar-refractivity contribution in [3.05, 3.63) is 46.7 Å². The molecule has 7 heteroatoms. The maximum absolute atomic E-state index is 12.1. The molecule has 0 aliphatic heterocycles. The number of nitrogens with zero attached hydrogens (tertiary/aromatic N) is 5. The maximum atomic E-state index is 12.1. The number of hydrogen-bond donors (Lipinski definition) is 0. The third kappa shape index (κ3) is 2.11. The Labute approximate surface area is 114 Å². The molecule has 0 radical (unpaired) electrons. The van der Waals surface area contributed by atoms with Crippen LogP contribution in [0.25, 0.3) is 5.65 Å². The number of hydrogen-bond acceptors (Lipinski definition) is 5. The van der Waals surface area contributed by atoms with Crippen molar-refractivity contribution in [2.45, 2.75) is 32.7 Å². The highest BCUT2D eigenvalue weighted by Gasteiger charge is 2.22. The van der Waals surface area contributed by atoms with Gasteiger partial charge in [-0.15, -0.1) is 15.3 Å². The molecule has 0 fully saturated rings. The van der Waals surface area contributed by atoms with Gasteiger partial charge in [-0.25, -0.2) is 9.48 Å². The SMILES string of the molecule is CC(C)(C)c1nnc(Cn2nc3ccccn3c2=O)o1. The van der Waals surface area contributed by atoms with Crippen molar-refractivity contribution in [2.24, 2.45) is 0 Å². The Morgan fingerprint density at radius 1 is 1.25 bits per heavy atom. The quantitative estimate of drug-likeness (QED) is 0.701. The molecule has 3 aromatic heterocycles. The third-order valence-electron chi connectivity index (χ3n) is 2.88. The summed E-state index contributed by atoms with van der Waals surface area (Å²) >= 11 is 0. The first-order valence-electron chi connectivity index (χ1n) is 6.32. The van der Waals surface area contributed by atoms with Crippen molar-refractivity contribution in [1.82, 2.24) is 24.4 Å². The van der Waals surface area contributed by atoms with E-state index in [4.69, 9.17) is 4.42 Å². The first kappa shape index (κ1) is 12.6. The summed E-state index contributed by atoms with van der Waals surface area (Å²) in [4.78, 5) is 12.1. The lowest BCUT2D eigenvalue weighted by Crippen LogP contribution is -2.21. The van der Waals surface area contributed by atoms with E-state index in [0.29, 0.717) is 17.4 Å². The van der Waals surface area contributed by atoms with E-state index in [-0.39, 0.29) is 17.6 Å². The molecule has 20 heavy (non-hydrogen) atoms. The van der Waals surface area contributed by atoms with E-state index in [1.54, 1.807) is 18.3 Å². The first-order valence-corrected chi connectivity index (χ1v) is 6.32. The molecule has 0 amide bonds. The van der Waals surface area contributed by atoms with Gasteiger partial charge in [-0.3, -0.25) is 4.40 Å². The van der Waals surface area contributed by atoms with Gasteiger partial charge in [0.25, 0.3) is 0 Å². The second-order valence-electron chi connectivity index (χ2n) is 5.62. The molecule has 3 aromatic rings. The van der Waals surface area contributed by atoms with Crippen molar-refractivity contribution in [3.63, 3.8) is 0 Å². The molecular weight excluding hydrogens is 258 g/mol. The summed E-state index contributed by atoms with van der Waals surface area (Å²) in [5.74, 6) is 0.921. The van der Waals surface area contributed by atoms with Gasteiger partial charge in [0.2, 0.25) is 11.8 Å². The Hall–Kier alpha value is -2.44. The predicted molar refractivity (Wildman–Crippen MR) is 71.6 cm³/mol. The molecule has 0 atom stereocenters. The lowest BCUT2D eigenvalue weighted by Gasteiger charge is -2.10. The Morgan fingerprint density at radius 2 is 2.05 bits per heavy atom. The lowest BCUT2D eigenvalue weighted by molar-refractivity contribution is 0.362. The van der Waals surface area contributed by atoms with Crippen LogP contribution in [0.15, 0.2) is 33.6 Å². The van der Waals surface area contributed by atoms with Gasteiger partial charge in [-0.05, 0) is 12.1 Å². The summed E-state index contributed by atoms with van der Waals surface area (Å²) in [5, 5.41) is 12.2. The molecule has 0 bridgehead atoms. The highest BCUT2D eigenvalue weighted by molar-refractivity contribution is 5.35. The fraction of sp³-hybridized carbons (Fsp3) is 0.385. The summed E-state index contributed by atoms with van der Waals surface area (Å²) in [5.41, 5.74) is 0.152. The van der Waals surface area contributed by atoms with Crippen LogP contribution in [0.4, 0.5) is 0 Å². The van der Waals surface area contributed by atoms with Crippen LogP contribution < -0.4 is 5.69 Å². The Kier molecular flexibility index (Phi) is 2.70. The molecule has 0 saturated heterocycles. The van der Waals surface area contributed by atoms with Crippen LogP contribution in [0.5, 0.6) is 0 Å². The third-order valence-corrected chi connectivity index (χ3v) is 2.88. The minimum atomic E-state index is -0.226. The van der Waals surface area contributed by atoms with Crippen LogP contribution in [0.1, 0.15) is 32.6 Å². The van der Waals surface area contributed by atoms with E-state index in [2.05, 4.69) is 15.3 Å². The zero-order chi connectivity index (χ0) is 14.3. The first-order chi connectivity index (χ1) is 9.45. The maximum Gasteiger partial charge on any atom is 0.350 e. The van der Waals surface area contributed by atoms with E-state index in [9.17, 15) is 4.79 Å². The Morgan fingerprint density at radius 3 is 2.70 bits per heavy atom. The van der Waals surface area contributed by atoms with Gasteiger partial charge in [0.15, 0.2) is 5.65 Å². The largest absolute Gasteiger partial charge is 0.423 e. The van der Waals surface area contributed by atoms with Crippen molar-refractivity contribution in [3.8, 4) is 0 Å². The minimum absolute atomic E-state index is 0.170. The average molecular weight is 273 g/mol. The zero-order valence-corrected chi connectivity index (χ0v) is 11.6. The van der Waals surface area contributed by atoms with Crippen molar-refractivity contribution < 1.29 is 4.42 Å². The fourth-order valence-corrected chi connectivity index (χ4v) is 1.82. The smallest absolute Gasteiger partial charge is 0.350 e. The molecular formula is C13H15N5O2. The molecule has 7 nitrogen and oxygen atoms in total. The van der Waals surface area contributed by atoms with Gasteiger partial charge in [0, 0.05) is 11.6 Å². The number of fused-ring (bicyclic) bond motifs is 1. The molecule has 3 heterocycles. The molecule has 0 unspecified atom stereocenters. The van der Waals surface area contributed by atoms with Crippen LogP contribution in [0.3, 0.4) is 0 Å². The molecule has 0 spiro atoms. The molecule has 0 aromatic carbocycles. The molecule has 0 N–H and O–H groups in total. The van der Waals surface area contributed by atoms with Gasteiger partial charge in [-0.1, -0.05) is 26.8 Å². The lowest BCUT2D eigenvalue weighted by atomic mass is 9.97. The van der Waals surface area contributed by atoms with Gasteiger partial charge in [0.1, 0.15) is 6.54 Å². The van der Waals surface area contributed by atoms with Crippen molar-refractivity contribution in [1.29, 1.82) is 0 Å². The highest BCUT2D eigenvalue weighted by Crippen LogP contribution is 2.20. The highest BCUT2D eigenvalue weighted by atomic mass is 16.4. The Balaban J connectivity index is 1.95. The van der Waals surface area contributed by atoms with Crippen LogP contribution in [0.2, 0.25) is 0 Å². The van der Waals surface area contributed by atoms with Crippen molar-refractivity contribution >= 4 is 5.65 Å². The van der Waals surface area contributed by atoms with Crippen LogP contribution >= 0.6 is 0 Å². The summed E-state index contributed by atoms with van der Waals surface area (Å²) in [7, 11) is 0. The van der Waals surface area contributed by atoms with E-state index in [1.807, 2.05) is 26.8 Å². The second-order valence-corrected chi connectivity index (χ2v) is 5.62. The standard InChI is InChI=1S/C13H15N5O2/c1-13(2,3)11-15-14-10(20-11)8-18-12(19)17-7-5-4-6-9(17)16-18/h4-7H,8H2,1-3H3. The Bertz CT molecular complexity index is 806. The van der Waals surface area contributed by atoms with Crippen LogP contribution in [0, 0.1) is 0 Å². The van der Waals surface area contributed by atoms with Gasteiger partial charge < -0.3 is 4.42 Å². The molecule has 0 saturated carbocycles. The summed E-state index contributed by atoms with van der Waals surface area (Å²) < 4.78 is 8.36. The normalized spacial score (nSPS) is 12.2. The summed E-state index contributed by atoms with van der Waals surface area (Å²) in [6.45, 7) is 6.13. The van der Waals surface area contributed by atoms with E-state index in [0.717, 1.165) is 0 Å². The van der Waals surface area contributed by atoms with Crippen LogP contribution in [-0.4, -0.2) is 24.4 Å². The van der Waals surface area contributed by atoms with Gasteiger partial charge in [0.05, 0.1) is 0 Å². The van der Waals surface area contributed by atoms with Crippen molar-refractivity contribution in [2.75, 3.05) is 0 Å². The zero-order valence-electron chi connectivity index (χ0n) is 11.6. The summed E-state index contributed by atoms with van der Waals surface area (Å²) in [6.07, 6.45) is 1.68. The van der Waals surface area contributed by atoms with E-state index < -0.39 is 0 Å². The second kappa shape index (κ2) is 4.29. The van der Waals surface area contributed by atoms with E-state index in [1.165, 1.54) is 9.08 Å². The predicted octanol–water partition coefficient (Wildman–Crippen LogP) is 1.22.